The summed E-state index contributed by atoms with van der Waals surface area (Å²) in [6, 6.07) is 10.3. The number of Topliss-reactive ketones (excluding diaryl/α,β-unsaturated/α-hetero) is 1. The molecule has 3 rings (SSSR count). The Bertz CT molecular complexity index is 772. The van der Waals surface area contributed by atoms with E-state index in [-0.39, 0.29) is 5.78 Å². The molecule has 1 saturated heterocycles. The summed E-state index contributed by atoms with van der Waals surface area (Å²) in [7, 11) is 1.69. The summed E-state index contributed by atoms with van der Waals surface area (Å²) in [5, 5.41) is 0. The maximum absolute atomic E-state index is 12.8. The third-order valence-corrected chi connectivity index (χ3v) is 5.59. The predicted molar refractivity (Wildman–Crippen MR) is 109 cm³/mol. The van der Waals surface area contributed by atoms with Gasteiger partial charge in [0.1, 0.15) is 5.75 Å². The minimum Gasteiger partial charge on any atom is -0.497 e. The van der Waals surface area contributed by atoms with Crippen LogP contribution in [-0.4, -0.2) is 60.0 Å². The quantitative estimate of drug-likeness (QED) is 0.703. The lowest BCUT2D eigenvalue weighted by Crippen LogP contribution is -2.47. The minimum atomic E-state index is 0.242. The van der Waals surface area contributed by atoms with Crippen molar-refractivity contribution in [2.75, 3.05) is 39.8 Å². The molecule has 146 valence electrons. The Balaban J connectivity index is 1.51. The summed E-state index contributed by atoms with van der Waals surface area (Å²) in [5.41, 5.74) is 4.45. The zero-order valence-electron chi connectivity index (χ0n) is 17.0. The van der Waals surface area contributed by atoms with Crippen LogP contribution in [0.15, 0.2) is 30.3 Å². The molecule has 0 spiro atoms. The number of methoxy groups -OCH3 is 1. The number of benzene rings is 1. The molecule has 1 fully saturated rings. The number of rotatable bonds is 7. The number of ketones is 1. The van der Waals surface area contributed by atoms with E-state index in [0.717, 1.165) is 56.3 Å². The van der Waals surface area contributed by atoms with E-state index in [2.05, 4.69) is 47.3 Å². The molecule has 0 N–H and O–H groups in total. The molecule has 27 heavy (non-hydrogen) atoms. The maximum atomic E-state index is 12.8. The molecule has 1 aliphatic rings. The van der Waals surface area contributed by atoms with E-state index in [0.29, 0.717) is 6.54 Å². The van der Waals surface area contributed by atoms with Crippen LogP contribution >= 0.6 is 0 Å². The lowest BCUT2D eigenvalue weighted by Gasteiger charge is -2.34. The monoisotopic (exact) mass is 369 g/mol. The number of hydrogen-bond acceptors (Lipinski definition) is 4. The number of aromatic nitrogens is 1. The van der Waals surface area contributed by atoms with Gasteiger partial charge in [-0.25, -0.2) is 0 Å². The van der Waals surface area contributed by atoms with Crippen LogP contribution in [0.5, 0.6) is 5.75 Å². The van der Waals surface area contributed by atoms with Gasteiger partial charge in [-0.15, -0.1) is 0 Å². The van der Waals surface area contributed by atoms with Gasteiger partial charge in [-0.05, 0) is 44.5 Å². The molecule has 1 aromatic carbocycles. The lowest BCUT2D eigenvalue weighted by molar-refractivity contribution is 0.0843. The number of nitrogens with zero attached hydrogens (tertiary/aromatic N) is 3. The van der Waals surface area contributed by atoms with Crippen LogP contribution in [0.4, 0.5) is 0 Å². The van der Waals surface area contributed by atoms with Crippen LogP contribution in [0, 0.1) is 13.8 Å². The van der Waals surface area contributed by atoms with Crippen molar-refractivity contribution in [1.29, 1.82) is 0 Å². The first-order valence-electron chi connectivity index (χ1n) is 9.79. The van der Waals surface area contributed by atoms with E-state index in [9.17, 15) is 4.79 Å². The molecule has 1 aromatic heterocycles. The van der Waals surface area contributed by atoms with Gasteiger partial charge in [-0.3, -0.25) is 14.6 Å². The first kappa shape index (κ1) is 19.6. The molecule has 5 heteroatoms. The average Bonchev–Trinajstić information content (AvgIpc) is 2.97. The van der Waals surface area contributed by atoms with Crippen molar-refractivity contribution < 1.29 is 9.53 Å². The van der Waals surface area contributed by atoms with Gasteiger partial charge in [0.25, 0.3) is 0 Å². The lowest BCUT2D eigenvalue weighted by atomic mass is 10.1. The zero-order chi connectivity index (χ0) is 19.4. The van der Waals surface area contributed by atoms with E-state index in [1.54, 1.807) is 7.11 Å². The van der Waals surface area contributed by atoms with Crippen LogP contribution in [0.3, 0.4) is 0 Å². The molecule has 0 radical (unpaired) electrons. The highest BCUT2D eigenvalue weighted by Gasteiger charge is 2.22. The average molecular weight is 370 g/mol. The Morgan fingerprint density at radius 3 is 2.22 bits per heavy atom. The van der Waals surface area contributed by atoms with Gasteiger partial charge in [-0.2, -0.15) is 0 Å². The standard InChI is InChI=1S/C22H31N3O2/c1-5-25-17(2)14-21(18(25)3)22(26)16-24-12-10-23(11-13-24)15-19-6-8-20(27-4)9-7-19/h6-9,14H,5,10-13,15-16H2,1-4H3. The second-order valence-electron chi connectivity index (χ2n) is 7.35. The van der Waals surface area contributed by atoms with Crippen LogP contribution < -0.4 is 4.74 Å². The van der Waals surface area contributed by atoms with Crippen LogP contribution in [0.1, 0.15) is 34.2 Å². The summed E-state index contributed by atoms with van der Waals surface area (Å²) in [6.07, 6.45) is 0. The Hall–Kier alpha value is -2.11. The summed E-state index contributed by atoms with van der Waals surface area (Å²) >= 11 is 0. The normalized spacial score (nSPS) is 15.9. The fourth-order valence-corrected chi connectivity index (χ4v) is 3.95. The number of carbonyl (C=O) groups excluding carboxylic acids is 1. The number of aryl methyl sites for hydroxylation is 1. The molecule has 0 aliphatic carbocycles. The number of hydrogen-bond donors (Lipinski definition) is 0. The number of piperazine rings is 1. The Kier molecular flexibility index (Phi) is 6.34. The molecule has 5 nitrogen and oxygen atoms in total. The summed E-state index contributed by atoms with van der Waals surface area (Å²) in [6.45, 7) is 12.5. The first-order valence-corrected chi connectivity index (χ1v) is 9.79. The highest BCUT2D eigenvalue weighted by Crippen LogP contribution is 2.17. The van der Waals surface area contributed by atoms with Gasteiger partial charge < -0.3 is 9.30 Å². The summed E-state index contributed by atoms with van der Waals surface area (Å²) < 4.78 is 7.43. The van der Waals surface area contributed by atoms with Crippen molar-refractivity contribution in [3.8, 4) is 5.75 Å². The topological polar surface area (TPSA) is 37.7 Å². The zero-order valence-corrected chi connectivity index (χ0v) is 17.0. The first-order chi connectivity index (χ1) is 13.0. The summed E-state index contributed by atoms with van der Waals surface area (Å²) in [5.74, 6) is 1.14. The molecule has 0 bridgehead atoms. The second kappa shape index (κ2) is 8.72. The predicted octanol–water partition coefficient (Wildman–Crippen LogP) is 3.13. The van der Waals surface area contributed by atoms with Crippen molar-refractivity contribution in [2.45, 2.75) is 33.9 Å². The van der Waals surface area contributed by atoms with Gasteiger partial charge in [0.15, 0.2) is 5.78 Å². The molecular formula is C22H31N3O2. The van der Waals surface area contributed by atoms with Gasteiger partial charge in [0.2, 0.25) is 0 Å². The van der Waals surface area contributed by atoms with Crippen molar-refractivity contribution in [3.05, 3.63) is 52.8 Å². The van der Waals surface area contributed by atoms with E-state index in [1.807, 2.05) is 18.2 Å². The van der Waals surface area contributed by atoms with Crippen LogP contribution in [0.25, 0.3) is 0 Å². The fourth-order valence-electron chi connectivity index (χ4n) is 3.95. The molecular weight excluding hydrogens is 338 g/mol. The SMILES string of the molecule is CCn1c(C)cc(C(=O)CN2CCN(Cc3ccc(OC)cc3)CC2)c1C. The van der Waals surface area contributed by atoms with Crippen molar-refractivity contribution >= 4 is 5.78 Å². The maximum Gasteiger partial charge on any atom is 0.178 e. The van der Waals surface area contributed by atoms with Crippen molar-refractivity contribution in [2.24, 2.45) is 0 Å². The number of carbonyl (C=O) groups is 1. The van der Waals surface area contributed by atoms with Crippen LogP contribution in [0.2, 0.25) is 0 Å². The Labute approximate surface area is 162 Å². The van der Waals surface area contributed by atoms with E-state index in [4.69, 9.17) is 4.74 Å². The van der Waals surface area contributed by atoms with Gasteiger partial charge in [-0.1, -0.05) is 12.1 Å². The Morgan fingerprint density at radius 1 is 1.04 bits per heavy atom. The van der Waals surface area contributed by atoms with Crippen LogP contribution in [-0.2, 0) is 13.1 Å². The smallest absolute Gasteiger partial charge is 0.178 e. The van der Waals surface area contributed by atoms with E-state index < -0.39 is 0 Å². The van der Waals surface area contributed by atoms with Crippen molar-refractivity contribution in [1.82, 2.24) is 14.4 Å². The van der Waals surface area contributed by atoms with E-state index >= 15 is 0 Å². The van der Waals surface area contributed by atoms with E-state index in [1.165, 1.54) is 11.3 Å². The molecule has 0 atom stereocenters. The third kappa shape index (κ3) is 4.60. The molecule has 1 aliphatic heterocycles. The number of ether oxygens (including phenoxy) is 1. The third-order valence-electron chi connectivity index (χ3n) is 5.59. The van der Waals surface area contributed by atoms with Gasteiger partial charge >= 0.3 is 0 Å². The second-order valence-corrected chi connectivity index (χ2v) is 7.35. The molecule has 2 aromatic rings. The summed E-state index contributed by atoms with van der Waals surface area (Å²) in [4.78, 5) is 17.5. The van der Waals surface area contributed by atoms with Crippen molar-refractivity contribution in [3.63, 3.8) is 0 Å². The highest BCUT2D eigenvalue weighted by atomic mass is 16.5. The molecule has 0 saturated carbocycles. The van der Waals surface area contributed by atoms with Gasteiger partial charge in [0.05, 0.1) is 13.7 Å². The molecule has 0 unspecified atom stereocenters. The molecule has 0 amide bonds. The van der Waals surface area contributed by atoms with Gasteiger partial charge in [0, 0.05) is 56.2 Å². The largest absolute Gasteiger partial charge is 0.497 e. The Morgan fingerprint density at radius 2 is 1.67 bits per heavy atom. The minimum absolute atomic E-state index is 0.242. The fraction of sp³-hybridized carbons (Fsp3) is 0.500. The highest BCUT2D eigenvalue weighted by molar-refractivity contribution is 5.99. The molecule has 2 heterocycles.